The van der Waals surface area contributed by atoms with Crippen molar-refractivity contribution in [2.24, 2.45) is 0 Å². The van der Waals surface area contributed by atoms with Gasteiger partial charge in [-0.05, 0) is 30.7 Å². The molecule has 1 aromatic rings. The fourth-order valence-corrected chi connectivity index (χ4v) is 2.24. The topological polar surface area (TPSA) is 66.4 Å². The molecule has 0 heterocycles. The van der Waals surface area contributed by atoms with Gasteiger partial charge in [0.1, 0.15) is 15.9 Å². The molecule has 0 aliphatic heterocycles. The number of hydrogen-bond acceptors (Lipinski definition) is 4. The molecule has 0 fully saturated rings. The summed E-state index contributed by atoms with van der Waals surface area (Å²) in [6, 6.07) is 5.58. The van der Waals surface area contributed by atoms with Crippen molar-refractivity contribution >= 4 is 10.1 Å². The van der Waals surface area contributed by atoms with Crippen molar-refractivity contribution in [3.63, 3.8) is 0 Å². The van der Waals surface area contributed by atoms with Gasteiger partial charge in [0.2, 0.25) is 0 Å². The van der Waals surface area contributed by atoms with E-state index in [0.717, 1.165) is 12.8 Å². The first-order valence-corrected chi connectivity index (χ1v) is 8.13. The van der Waals surface area contributed by atoms with Crippen LogP contribution < -0.4 is 56.1 Å². The van der Waals surface area contributed by atoms with Gasteiger partial charge in [0.15, 0.2) is 0 Å². The molecule has 0 spiro atoms. The molecule has 6 heteroatoms. The molecule has 4 nitrogen and oxygen atoms in total. The van der Waals surface area contributed by atoms with Crippen molar-refractivity contribution < 1.29 is 69.1 Å². The van der Waals surface area contributed by atoms with Crippen LogP contribution in [0.2, 0.25) is 0 Å². The second kappa shape index (κ2) is 11.2. The van der Waals surface area contributed by atoms with E-state index in [1.807, 2.05) is 0 Å². The third-order valence-corrected chi connectivity index (χ3v) is 3.73. The van der Waals surface area contributed by atoms with E-state index in [-0.39, 0.29) is 56.3 Å². The van der Waals surface area contributed by atoms with Gasteiger partial charge in [-0.3, -0.25) is 0 Å². The van der Waals surface area contributed by atoms with Crippen molar-refractivity contribution in [3.8, 4) is 5.75 Å². The minimum absolute atomic E-state index is 0. The van der Waals surface area contributed by atoms with Gasteiger partial charge in [0.05, 0.1) is 11.5 Å². The number of hydrogen-bond donors (Lipinski definition) is 0. The minimum atomic E-state index is -4.36. The van der Waals surface area contributed by atoms with E-state index in [4.69, 9.17) is 4.74 Å². The molecule has 0 bridgehead atoms. The first-order chi connectivity index (χ1) is 9.04. The van der Waals surface area contributed by atoms with Crippen molar-refractivity contribution in [3.05, 3.63) is 24.3 Å². The molecule has 0 N–H and O–H groups in total. The molecule has 1 rings (SSSR count). The van der Waals surface area contributed by atoms with Crippen LogP contribution in [0, 0.1) is 0 Å². The average Bonchev–Trinajstić information content (AvgIpc) is 2.37. The fourth-order valence-electron chi connectivity index (χ4n) is 1.77. The van der Waals surface area contributed by atoms with Gasteiger partial charge in [-0.1, -0.05) is 39.0 Å². The van der Waals surface area contributed by atoms with E-state index < -0.39 is 10.1 Å². The van der Waals surface area contributed by atoms with Crippen LogP contribution in [0.15, 0.2) is 29.2 Å². The smallest absolute Gasteiger partial charge is 0.744 e. The molecule has 108 valence electrons. The van der Waals surface area contributed by atoms with Crippen LogP contribution >= 0.6 is 0 Å². The monoisotopic (exact) mass is 324 g/mol. The Morgan fingerprint density at radius 1 is 1.00 bits per heavy atom. The summed E-state index contributed by atoms with van der Waals surface area (Å²) in [4.78, 5) is -0.223. The summed E-state index contributed by atoms with van der Waals surface area (Å²) in [5, 5.41) is 0. The Hall–Kier alpha value is 0.566. The van der Waals surface area contributed by atoms with Crippen LogP contribution in [0.1, 0.15) is 45.4 Å². The van der Waals surface area contributed by atoms with Gasteiger partial charge in [-0.15, -0.1) is 0 Å². The second-order valence-electron chi connectivity index (χ2n) is 4.54. The zero-order valence-electron chi connectivity index (χ0n) is 12.3. The fraction of sp³-hybridized carbons (Fsp3) is 0.571. The van der Waals surface area contributed by atoms with E-state index in [0.29, 0.717) is 12.4 Å². The normalized spacial score (nSPS) is 10.9. The Bertz CT molecular complexity index is 457. The maximum Gasteiger partial charge on any atom is 1.00 e. The van der Waals surface area contributed by atoms with E-state index in [1.165, 1.54) is 49.9 Å². The van der Waals surface area contributed by atoms with Gasteiger partial charge in [0, 0.05) is 0 Å². The minimum Gasteiger partial charge on any atom is -0.744 e. The summed E-state index contributed by atoms with van der Waals surface area (Å²) in [5.74, 6) is 0.598. The molecule has 0 saturated heterocycles. The first kappa shape index (κ1) is 20.6. The van der Waals surface area contributed by atoms with E-state index in [9.17, 15) is 13.0 Å². The molecular formula is C14H21KO4S. The van der Waals surface area contributed by atoms with Crippen molar-refractivity contribution in [2.45, 2.75) is 50.3 Å². The zero-order chi connectivity index (χ0) is 14.1. The van der Waals surface area contributed by atoms with E-state index in [2.05, 4.69) is 6.92 Å². The quantitative estimate of drug-likeness (QED) is 0.373. The van der Waals surface area contributed by atoms with Gasteiger partial charge >= 0.3 is 51.4 Å². The summed E-state index contributed by atoms with van der Waals surface area (Å²) < 4.78 is 37.7. The molecule has 0 atom stereocenters. The van der Waals surface area contributed by atoms with Crippen LogP contribution in [0.5, 0.6) is 5.75 Å². The molecule has 0 amide bonds. The Balaban J connectivity index is 0.00000361. The van der Waals surface area contributed by atoms with Crippen molar-refractivity contribution in [1.29, 1.82) is 0 Å². The molecule has 1 aromatic carbocycles. The molecule has 0 aliphatic carbocycles. The Morgan fingerprint density at radius 2 is 1.55 bits per heavy atom. The summed E-state index contributed by atoms with van der Waals surface area (Å²) in [6.07, 6.45) is 7.16. The Labute approximate surface area is 164 Å². The number of ether oxygens (including phenoxy) is 1. The maximum atomic E-state index is 10.7. The molecule has 0 radical (unpaired) electrons. The predicted octanol–water partition coefficient (Wildman–Crippen LogP) is 0.334. The average molecular weight is 324 g/mol. The summed E-state index contributed by atoms with van der Waals surface area (Å²) >= 11 is 0. The van der Waals surface area contributed by atoms with Gasteiger partial charge in [-0.25, -0.2) is 8.42 Å². The summed E-state index contributed by atoms with van der Waals surface area (Å²) in [6.45, 7) is 2.81. The third-order valence-electron chi connectivity index (χ3n) is 2.88. The summed E-state index contributed by atoms with van der Waals surface area (Å²) in [7, 11) is -4.36. The molecule has 0 aromatic heterocycles. The SMILES string of the molecule is CCCCCCCCOc1ccc(S(=O)(=O)[O-])cc1.[K+]. The van der Waals surface area contributed by atoms with Gasteiger partial charge < -0.3 is 9.29 Å². The molecule has 0 unspecified atom stereocenters. The number of rotatable bonds is 9. The zero-order valence-corrected chi connectivity index (χ0v) is 16.2. The molecule has 20 heavy (non-hydrogen) atoms. The van der Waals surface area contributed by atoms with Crippen LogP contribution in [0.4, 0.5) is 0 Å². The van der Waals surface area contributed by atoms with Crippen molar-refractivity contribution in [2.75, 3.05) is 6.61 Å². The second-order valence-corrected chi connectivity index (χ2v) is 5.92. The largest absolute Gasteiger partial charge is 1.00 e. The Morgan fingerprint density at radius 3 is 2.10 bits per heavy atom. The number of benzene rings is 1. The maximum absolute atomic E-state index is 10.7. The third kappa shape index (κ3) is 8.77. The van der Waals surface area contributed by atoms with Crippen LogP contribution in [-0.4, -0.2) is 19.6 Å². The molecule has 0 aliphatic rings. The van der Waals surface area contributed by atoms with Gasteiger partial charge in [0.25, 0.3) is 0 Å². The van der Waals surface area contributed by atoms with Crippen LogP contribution in [0.3, 0.4) is 0 Å². The predicted molar refractivity (Wildman–Crippen MR) is 73.3 cm³/mol. The van der Waals surface area contributed by atoms with E-state index >= 15 is 0 Å². The van der Waals surface area contributed by atoms with Gasteiger partial charge in [-0.2, -0.15) is 0 Å². The van der Waals surface area contributed by atoms with Crippen molar-refractivity contribution in [1.82, 2.24) is 0 Å². The first-order valence-electron chi connectivity index (χ1n) is 6.73. The number of unbranched alkanes of at least 4 members (excludes halogenated alkanes) is 5. The standard InChI is InChI=1S/C14H22O4S.K/c1-2-3-4-5-6-7-12-18-13-8-10-14(11-9-13)19(15,16)17;/h8-11H,2-7,12H2,1H3,(H,15,16,17);/q;+1/p-1. The summed E-state index contributed by atoms with van der Waals surface area (Å²) in [5.41, 5.74) is 0. The molecular weight excluding hydrogens is 303 g/mol. The molecule has 0 saturated carbocycles. The van der Waals surface area contributed by atoms with E-state index in [1.54, 1.807) is 0 Å². The van der Waals surface area contributed by atoms with Crippen LogP contribution in [0.25, 0.3) is 0 Å². The van der Waals surface area contributed by atoms with Crippen LogP contribution in [-0.2, 0) is 10.1 Å². The Kier molecular flexibility index (Phi) is 11.5.